The average Bonchev–Trinajstić information content (AvgIpc) is 0.943. The summed E-state index contributed by atoms with van der Waals surface area (Å²) in [5.41, 5.74) is 55.2. The number of carbonyl (C=O) groups excluding carboxylic acids is 14. The minimum absolute atomic E-state index is 0.0101. The number of aliphatic hydroxyl groups is 1. The number of rotatable bonds is 19. The zero-order valence-corrected chi connectivity index (χ0v) is 50.9. The van der Waals surface area contributed by atoms with Gasteiger partial charge in [-0.05, 0) is 58.5 Å². The zero-order valence-electron chi connectivity index (χ0n) is 50.9. The lowest BCUT2D eigenvalue weighted by Gasteiger charge is -2.31. The number of carbonyl (C=O) groups is 14. The van der Waals surface area contributed by atoms with Gasteiger partial charge < -0.3 is 148 Å². The summed E-state index contributed by atoms with van der Waals surface area (Å²) in [5, 5.41) is 48.1. The molecule has 4 heterocycles. The van der Waals surface area contributed by atoms with Gasteiger partial charge in [0, 0.05) is 76.6 Å². The van der Waals surface area contributed by atoms with E-state index >= 15 is 0 Å². The van der Waals surface area contributed by atoms with Crippen LogP contribution in [0.5, 0.6) is 0 Å². The van der Waals surface area contributed by atoms with Crippen LogP contribution in [0.15, 0.2) is 33.8 Å². The quantitative estimate of drug-likeness (QED) is 0.0534. The molecule has 43 nitrogen and oxygen atoms in total. The second-order valence-electron chi connectivity index (χ2n) is 21.3. The highest BCUT2D eigenvalue weighted by Gasteiger charge is 2.38. The highest BCUT2D eigenvalue weighted by molar-refractivity contribution is 6.04. The normalized spacial score (nSPS) is 26.5. The Hall–Kier alpha value is -10.1. The van der Waals surface area contributed by atoms with Crippen LogP contribution in [0.25, 0.3) is 0 Å². The maximum Gasteiger partial charge on any atom is 0.316 e. The summed E-state index contributed by atoms with van der Waals surface area (Å²) in [6, 6.07) is -16.3. The fourth-order valence-electron chi connectivity index (χ4n) is 8.63. The first-order valence-corrected chi connectivity index (χ1v) is 29.2. The third kappa shape index (κ3) is 27.5. The topological polar surface area (TPSA) is 737 Å². The largest absolute Gasteiger partial charge is 0.394 e. The number of urea groups is 2. The Balaban J connectivity index is 0.000000485. The number of nitrogens with two attached hydrogens (primary N) is 10. The van der Waals surface area contributed by atoms with Crippen LogP contribution in [0, 0.1) is 0 Å². The second kappa shape index (κ2) is 39.2. The highest BCUT2D eigenvalue weighted by atomic mass is 16.3. The number of amides is 16. The number of primary amides is 2. The Morgan fingerprint density at radius 1 is 0.548 bits per heavy atom. The van der Waals surface area contributed by atoms with Crippen molar-refractivity contribution in [2.24, 2.45) is 67.3 Å². The molecule has 43 heteroatoms. The van der Waals surface area contributed by atoms with E-state index in [1.54, 1.807) is 0 Å². The Morgan fingerprint density at radius 2 is 0.935 bits per heavy atom. The van der Waals surface area contributed by atoms with E-state index in [0.29, 0.717) is 38.8 Å². The first-order valence-electron chi connectivity index (χ1n) is 29.2. The van der Waals surface area contributed by atoms with Crippen LogP contribution in [0.4, 0.5) is 9.59 Å². The van der Waals surface area contributed by atoms with Gasteiger partial charge in [-0.2, -0.15) is 0 Å². The van der Waals surface area contributed by atoms with Crippen molar-refractivity contribution in [3.8, 4) is 0 Å². The molecule has 0 spiro atoms. The Morgan fingerprint density at radius 3 is 1.31 bits per heavy atom. The van der Waals surface area contributed by atoms with E-state index in [-0.39, 0.29) is 57.2 Å². The van der Waals surface area contributed by atoms with E-state index in [1.165, 1.54) is 6.92 Å². The fraction of sp³-hybridized carbons (Fsp3) is 0.600. The molecule has 0 saturated carbocycles. The summed E-state index contributed by atoms with van der Waals surface area (Å²) >= 11 is 0. The number of nitrogens with zero attached hydrogens (tertiary/aromatic N) is 2. The zero-order chi connectivity index (χ0) is 69.5. The maximum absolute atomic E-state index is 13.5. The predicted molar refractivity (Wildman–Crippen MR) is 328 cm³/mol. The number of nitrogens with one attached hydrogen (secondary N) is 16. The van der Waals surface area contributed by atoms with E-state index < -0.39 is 193 Å². The van der Waals surface area contributed by atoms with Crippen LogP contribution in [0.3, 0.4) is 0 Å². The number of hydrogen-bond donors (Lipinski definition) is 27. The molecule has 37 N–H and O–H groups in total. The lowest BCUT2D eigenvalue weighted by molar-refractivity contribution is -0.134. The van der Waals surface area contributed by atoms with Gasteiger partial charge in [0.25, 0.3) is 11.8 Å². The van der Waals surface area contributed by atoms with Gasteiger partial charge in [-0.3, -0.25) is 67.5 Å². The van der Waals surface area contributed by atoms with Crippen LogP contribution >= 0.6 is 0 Å². The lowest BCUT2D eigenvalue weighted by Crippen LogP contribution is -2.64. The van der Waals surface area contributed by atoms with Crippen molar-refractivity contribution in [1.29, 1.82) is 0 Å². The summed E-state index contributed by atoms with van der Waals surface area (Å²) in [7, 11) is 0. The van der Waals surface area contributed by atoms with Crippen LogP contribution in [-0.2, 0) is 57.5 Å². The van der Waals surface area contributed by atoms with Crippen LogP contribution in [-0.4, -0.2) is 231 Å². The molecule has 4 aliphatic rings. The SMILES string of the molecule is C[C@@H]1NC(=O)[C@@H](N)CNC(=O)[C@H]([C@H]2CCN=C(N)N2)NC(=O)/C(=C/NC(N)=O)NC(=O)C(CNC(=O)C[C@@H](N)CCCN)NC1=O.NCCC[C@H](N)CC(=O)NCC1NC(=O)[C@H](CO)NC(=O)[C@@H](N)CNC(=O)C([C@H]2CCN=C(N)N2)NC(=O)/C(=C/NC(N)=O)NC1=O. The van der Waals surface area contributed by atoms with Crippen molar-refractivity contribution in [1.82, 2.24) is 85.1 Å². The second-order valence-corrected chi connectivity index (χ2v) is 21.3. The standard InChI is InChI=1S/C25H44N14O8.C25H44N14O7/c26-4-1-2-11(27)6-17(41)32-8-14-20(43)35-15(9-34-25(30)47)21(44)39-18(13-3-5-31-24(29)38-13)23(46)33-7-12(28)19(42)37-16(10-40)22(45)36-14;1-11-19(41)36-15(9-32-17(40)7-12(27)3-2-5-26)21(43)37-16(10-34-25(30)46)22(44)39-18(14-4-6-31-24(29)38-14)23(45)33-8-13(28)20(42)35-11/h9,11-14,16,18,40H,1-8,10,26-28H2,(H,32,41)(H,33,46)(H,35,43)(H,36,45)(H,37,42)(H,39,44)(H3,29,31,38)(H3,30,34,47);10-15,18H,2-9,26-28H2,1H3,(H,32,40)(H,33,45)(H,35,42)(H,36,41)(H,37,43)(H,39,44)(H3,29,31,38)(H3,30,34,46)/b15-9-;16-10-/t11-,12-,13+,14?,16-,18?;11-,12-,13-,14+,15?,18-/m00/s1. The summed E-state index contributed by atoms with van der Waals surface area (Å²) in [4.78, 5) is 188. The first-order chi connectivity index (χ1) is 44.0. The van der Waals surface area contributed by atoms with E-state index in [0.717, 1.165) is 12.4 Å². The molecule has 0 radical (unpaired) electrons. The van der Waals surface area contributed by atoms with E-state index in [2.05, 4.69) is 89.7 Å². The highest BCUT2D eigenvalue weighted by Crippen LogP contribution is 2.10. The molecule has 3 unspecified atom stereocenters. The summed E-state index contributed by atoms with van der Waals surface area (Å²) in [6.45, 7) is -0.284. The third-order valence-electron chi connectivity index (χ3n) is 13.7. The van der Waals surface area contributed by atoms with Crippen molar-refractivity contribution in [2.45, 2.75) is 131 Å². The van der Waals surface area contributed by atoms with E-state index in [1.807, 2.05) is 5.32 Å². The number of aliphatic hydroxyl groups excluding tert-OH is 1. The van der Waals surface area contributed by atoms with Crippen molar-refractivity contribution in [3.05, 3.63) is 23.8 Å². The summed E-state index contributed by atoms with van der Waals surface area (Å²) < 4.78 is 0. The van der Waals surface area contributed by atoms with Crippen molar-refractivity contribution >= 4 is 94.9 Å². The molecule has 0 aromatic heterocycles. The lowest BCUT2D eigenvalue weighted by atomic mass is 10.0. The van der Waals surface area contributed by atoms with Gasteiger partial charge in [-0.25, -0.2) is 9.59 Å². The first kappa shape index (κ1) is 77.2. The van der Waals surface area contributed by atoms with E-state index in [4.69, 9.17) is 57.3 Å². The molecule has 93 heavy (non-hydrogen) atoms. The van der Waals surface area contributed by atoms with Crippen molar-refractivity contribution < 1.29 is 72.2 Å². The fourth-order valence-corrected chi connectivity index (χ4v) is 8.63. The Bertz CT molecular complexity index is 2840. The van der Waals surface area contributed by atoms with Crippen molar-refractivity contribution in [3.63, 3.8) is 0 Å². The third-order valence-corrected chi connectivity index (χ3v) is 13.7. The molecule has 4 rings (SSSR count). The van der Waals surface area contributed by atoms with E-state index in [9.17, 15) is 72.2 Å². The van der Waals surface area contributed by atoms with Crippen molar-refractivity contribution in [2.75, 3.05) is 59.0 Å². The van der Waals surface area contributed by atoms with Gasteiger partial charge in [0.1, 0.15) is 59.7 Å². The minimum Gasteiger partial charge on any atom is -0.394 e. The molecule has 12 atom stereocenters. The Labute approximate surface area is 531 Å². The number of aliphatic imine (C=N–C) groups is 2. The van der Waals surface area contributed by atoms with Gasteiger partial charge in [0.15, 0.2) is 11.9 Å². The molecule has 518 valence electrons. The Kier molecular flexibility index (Phi) is 32.6. The average molecular weight is 1320 g/mol. The molecule has 4 aliphatic heterocycles. The molecular weight excluding hydrogens is 1230 g/mol. The maximum atomic E-state index is 13.5. The molecule has 16 amide bonds. The molecule has 2 fully saturated rings. The van der Waals surface area contributed by atoms with Gasteiger partial charge >= 0.3 is 12.1 Å². The van der Waals surface area contributed by atoms with Crippen LogP contribution < -0.4 is 142 Å². The molecular formula is C50H88N28O15. The van der Waals surface area contributed by atoms with Crippen LogP contribution in [0.2, 0.25) is 0 Å². The smallest absolute Gasteiger partial charge is 0.316 e. The molecule has 0 aliphatic carbocycles. The predicted octanol–water partition coefficient (Wildman–Crippen LogP) is -15.4. The van der Waals surface area contributed by atoms with Gasteiger partial charge in [0.05, 0.1) is 18.7 Å². The monoisotopic (exact) mass is 1320 g/mol. The van der Waals surface area contributed by atoms with Gasteiger partial charge in [-0.15, -0.1) is 0 Å². The minimum atomic E-state index is -1.63. The van der Waals surface area contributed by atoms with Gasteiger partial charge in [-0.1, -0.05) is 0 Å². The summed E-state index contributed by atoms with van der Waals surface area (Å²) in [6.07, 6.45) is 3.86. The molecule has 0 bridgehead atoms. The number of hydrogen-bond acceptors (Lipinski definition) is 27. The summed E-state index contributed by atoms with van der Waals surface area (Å²) in [5.74, 6) is -10.7. The van der Waals surface area contributed by atoms with Gasteiger partial charge in [0.2, 0.25) is 59.1 Å². The molecule has 0 aromatic carbocycles. The molecule has 2 saturated heterocycles. The van der Waals surface area contributed by atoms with Crippen LogP contribution in [0.1, 0.15) is 58.3 Å². The molecule has 0 aromatic rings. The number of guanidine groups is 2.